The molecule has 2 aromatic rings. The normalized spacial score (nSPS) is 21.3. The minimum Gasteiger partial charge on any atom is -0.361 e. The molecule has 1 aliphatic heterocycles. The standard InChI is InChI=1S/C16H22FN5O2/c1-11-6-15(19-24-11)16(23)20(2)9-14-7-12(17)8-22(14)10-13-4-5-18-21(13)3/h4-6,12,14H,7-10H2,1-3H3/t12-,14-/m0/s1. The Balaban J connectivity index is 1.65. The first-order valence-electron chi connectivity index (χ1n) is 7.98. The van der Waals surface area contributed by atoms with E-state index in [1.165, 1.54) is 0 Å². The molecule has 1 aliphatic rings. The molecule has 0 aliphatic carbocycles. The van der Waals surface area contributed by atoms with E-state index in [2.05, 4.69) is 15.2 Å². The number of hydrogen-bond acceptors (Lipinski definition) is 5. The van der Waals surface area contributed by atoms with Crippen LogP contribution in [0.4, 0.5) is 4.39 Å². The summed E-state index contributed by atoms with van der Waals surface area (Å²) in [6, 6.07) is 3.51. The third kappa shape index (κ3) is 3.48. The summed E-state index contributed by atoms with van der Waals surface area (Å²) < 4.78 is 20.7. The van der Waals surface area contributed by atoms with E-state index >= 15 is 0 Å². The highest BCUT2D eigenvalue weighted by Crippen LogP contribution is 2.23. The summed E-state index contributed by atoms with van der Waals surface area (Å²) in [7, 11) is 3.58. The van der Waals surface area contributed by atoms with E-state index < -0.39 is 6.17 Å². The van der Waals surface area contributed by atoms with E-state index in [-0.39, 0.29) is 17.6 Å². The van der Waals surface area contributed by atoms with Crippen molar-refractivity contribution >= 4 is 5.91 Å². The lowest BCUT2D eigenvalue weighted by Gasteiger charge is -2.28. The lowest BCUT2D eigenvalue weighted by Crippen LogP contribution is -2.41. The van der Waals surface area contributed by atoms with Crippen LogP contribution in [0.1, 0.15) is 28.4 Å². The molecule has 3 rings (SSSR count). The minimum absolute atomic E-state index is 0.0307. The van der Waals surface area contributed by atoms with E-state index in [0.29, 0.717) is 31.8 Å². The van der Waals surface area contributed by atoms with Crippen LogP contribution >= 0.6 is 0 Å². The lowest BCUT2D eigenvalue weighted by atomic mass is 10.2. The minimum atomic E-state index is -0.874. The Morgan fingerprint density at radius 1 is 1.54 bits per heavy atom. The number of rotatable bonds is 5. The fourth-order valence-electron chi connectivity index (χ4n) is 3.13. The highest BCUT2D eigenvalue weighted by Gasteiger charge is 2.34. The van der Waals surface area contributed by atoms with Crippen LogP contribution in [0.25, 0.3) is 0 Å². The molecular formula is C16H22FN5O2. The number of aromatic nitrogens is 3. The van der Waals surface area contributed by atoms with Gasteiger partial charge in [-0.2, -0.15) is 5.10 Å². The van der Waals surface area contributed by atoms with Crippen LogP contribution in [0, 0.1) is 6.92 Å². The first-order chi connectivity index (χ1) is 11.4. The number of likely N-dealkylation sites (N-methyl/N-ethyl adjacent to an activating group) is 1. The van der Waals surface area contributed by atoms with Gasteiger partial charge in [0, 0.05) is 52.0 Å². The number of amides is 1. The maximum absolute atomic E-state index is 13.9. The molecule has 0 spiro atoms. The summed E-state index contributed by atoms with van der Waals surface area (Å²) in [5, 5.41) is 7.90. The zero-order valence-electron chi connectivity index (χ0n) is 14.1. The molecule has 1 fully saturated rings. The molecule has 2 aromatic heterocycles. The monoisotopic (exact) mass is 335 g/mol. The quantitative estimate of drug-likeness (QED) is 0.826. The van der Waals surface area contributed by atoms with Crippen LogP contribution in [0.5, 0.6) is 0 Å². The fourth-order valence-corrected chi connectivity index (χ4v) is 3.13. The SMILES string of the molecule is Cc1cc(C(=O)N(C)C[C@@H]2C[C@H](F)CN2Cc2ccnn2C)no1. The second-order valence-electron chi connectivity index (χ2n) is 6.37. The summed E-state index contributed by atoms with van der Waals surface area (Å²) in [6.45, 7) is 3.18. The van der Waals surface area contributed by atoms with Crippen LogP contribution in [-0.4, -0.2) is 63.0 Å². The van der Waals surface area contributed by atoms with E-state index in [1.54, 1.807) is 35.8 Å². The van der Waals surface area contributed by atoms with Crippen molar-refractivity contribution in [2.45, 2.75) is 32.1 Å². The zero-order chi connectivity index (χ0) is 17.3. The smallest absolute Gasteiger partial charge is 0.275 e. The van der Waals surface area contributed by atoms with Crippen molar-refractivity contribution in [2.75, 3.05) is 20.1 Å². The molecule has 7 nitrogen and oxygen atoms in total. The number of carbonyl (C=O) groups excluding carboxylic acids is 1. The Bertz CT molecular complexity index is 713. The molecule has 0 aromatic carbocycles. The lowest BCUT2D eigenvalue weighted by molar-refractivity contribution is 0.0738. The van der Waals surface area contributed by atoms with Gasteiger partial charge in [-0.15, -0.1) is 0 Å². The molecule has 130 valence electrons. The van der Waals surface area contributed by atoms with Crippen molar-refractivity contribution in [1.82, 2.24) is 24.7 Å². The molecule has 0 saturated carbocycles. The predicted octanol–water partition coefficient (Wildman–Crippen LogP) is 1.40. The van der Waals surface area contributed by atoms with Gasteiger partial charge in [0.05, 0.1) is 5.69 Å². The summed E-state index contributed by atoms with van der Waals surface area (Å²) in [6.07, 6.45) is 1.28. The average Bonchev–Trinajstić information content (AvgIpc) is 3.22. The van der Waals surface area contributed by atoms with Crippen molar-refractivity contribution in [1.29, 1.82) is 0 Å². The third-order valence-electron chi connectivity index (χ3n) is 4.44. The van der Waals surface area contributed by atoms with E-state index in [1.807, 2.05) is 13.1 Å². The molecule has 8 heteroatoms. The Labute approximate surface area is 140 Å². The van der Waals surface area contributed by atoms with Crippen molar-refractivity contribution in [2.24, 2.45) is 7.05 Å². The van der Waals surface area contributed by atoms with Crippen molar-refractivity contribution in [3.05, 3.63) is 35.5 Å². The molecule has 0 N–H and O–H groups in total. The number of hydrogen-bond donors (Lipinski definition) is 0. The number of carbonyl (C=O) groups is 1. The second-order valence-corrected chi connectivity index (χ2v) is 6.37. The third-order valence-corrected chi connectivity index (χ3v) is 4.44. The molecule has 1 saturated heterocycles. The zero-order valence-corrected chi connectivity index (χ0v) is 14.1. The Hall–Kier alpha value is -2.22. The van der Waals surface area contributed by atoms with Gasteiger partial charge in [0.1, 0.15) is 11.9 Å². The van der Waals surface area contributed by atoms with Crippen LogP contribution in [-0.2, 0) is 13.6 Å². The van der Waals surface area contributed by atoms with Crippen molar-refractivity contribution < 1.29 is 13.7 Å². The summed E-state index contributed by atoms with van der Waals surface area (Å²) in [5.41, 5.74) is 1.30. The van der Waals surface area contributed by atoms with Gasteiger partial charge in [-0.25, -0.2) is 4.39 Å². The summed E-state index contributed by atoms with van der Waals surface area (Å²) >= 11 is 0. The van der Waals surface area contributed by atoms with Gasteiger partial charge in [-0.05, 0) is 19.4 Å². The van der Waals surface area contributed by atoms with Crippen LogP contribution < -0.4 is 0 Å². The number of likely N-dealkylation sites (tertiary alicyclic amines) is 1. The van der Waals surface area contributed by atoms with E-state index in [4.69, 9.17) is 4.52 Å². The van der Waals surface area contributed by atoms with Crippen LogP contribution in [0.3, 0.4) is 0 Å². The van der Waals surface area contributed by atoms with Crippen LogP contribution in [0.2, 0.25) is 0 Å². The van der Waals surface area contributed by atoms with Gasteiger partial charge >= 0.3 is 0 Å². The van der Waals surface area contributed by atoms with Crippen molar-refractivity contribution in [3.63, 3.8) is 0 Å². The molecule has 24 heavy (non-hydrogen) atoms. The molecule has 0 radical (unpaired) electrons. The Morgan fingerprint density at radius 2 is 2.33 bits per heavy atom. The summed E-state index contributed by atoms with van der Waals surface area (Å²) in [4.78, 5) is 16.0. The fraction of sp³-hybridized carbons (Fsp3) is 0.562. The Kier molecular flexibility index (Phi) is 4.66. The van der Waals surface area contributed by atoms with E-state index in [0.717, 1.165) is 5.69 Å². The molecule has 1 amide bonds. The molecule has 3 heterocycles. The largest absolute Gasteiger partial charge is 0.361 e. The molecule has 2 atom stereocenters. The Morgan fingerprint density at radius 3 is 2.96 bits per heavy atom. The number of alkyl halides is 1. The first-order valence-corrected chi connectivity index (χ1v) is 7.98. The van der Waals surface area contributed by atoms with Gasteiger partial charge in [0.2, 0.25) is 0 Å². The van der Waals surface area contributed by atoms with Crippen molar-refractivity contribution in [3.8, 4) is 0 Å². The maximum atomic E-state index is 13.9. The molecular weight excluding hydrogens is 313 g/mol. The summed E-state index contributed by atoms with van der Waals surface area (Å²) in [5.74, 6) is 0.379. The topological polar surface area (TPSA) is 67.4 Å². The molecule has 0 bridgehead atoms. The first kappa shape index (κ1) is 16.6. The van der Waals surface area contributed by atoms with Gasteiger partial charge in [-0.3, -0.25) is 14.4 Å². The van der Waals surface area contributed by atoms with Gasteiger partial charge in [0.25, 0.3) is 5.91 Å². The highest BCUT2D eigenvalue weighted by molar-refractivity contribution is 5.92. The number of nitrogens with zero attached hydrogens (tertiary/aromatic N) is 5. The average molecular weight is 335 g/mol. The number of aryl methyl sites for hydroxylation is 2. The van der Waals surface area contributed by atoms with Gasteiger partial charge < -0.3 is 9.42 Å². The second kappa shape index (κ2) is 6.72. The van der Waals surface area contributed by atoms with Crippen LogP contribution in [0.15, 0.2) is 22.9 Å². The highest BCUT2D eigenvalue weighted by atomic mass is 19.1. The van der Waals surface area contributed by atoms with Gasteiger partial charge in [-0.1, -0.05) is 5.16 Å². The number of halogens is 1. The van der Waals surface area contributed by atoms with E-state index in [9.17, 15) is 9.18 Å². The maximum Gasteiger partial charge on any atom is 0.275 e. The van der Waals surface area contributed by atoms with Gasteiger partial charge in [0.15, 0.2) is 5.69 Å². The predicted molar refractivity (Wildman–Crippen MR) is 85.1 cm³/mol. The molecule has 0 unspecified atom stereocenters.